The van der Waals surface area contributed by atoms with Crippen LogP contribution in [0.15, 0.2) is 22.7 Å². The predicted octanol–water partition coefficient (Wildman–Crippen LogP) is 2.29. The number of carbonyl (C=O) groups excluding carboxylic acids is 1. The minimum absolute atomic E-state index is 0.249. The van der Waals surface area contributed by atoms with Gasteiger partial charge in [-0.05, 0) is 6.07 Å². The fourth-order valence-corrected chi connectivity index (χ4v) is 1.60. The Morgan fingerprint density at radius 3 is 2.71 bits per heavy atom. The minimum Gasteiger partial charge on any atom is -0.481 e. The van der Waals surface area contributed by atoms with Crippen molar-refractivity contribution in [2.75, 3.05) is 24.9 Å². The molecule has 0 fully saturated rings. The lowest BCUT2D eigenvalue weighted by Crippen LogP contribution is -2.20. The van der Waals surface area contributed by atoms with Gasteiger partial charge in [0, 0.05) is 18.6 Å². The van der Waals surface area contributed by atoms with Crippen LogP contribution in [0.25, 0.3) is 0 Å². The van der Waals surface area contributed by atoms with Crippen molar-refractivity contribution in [1.82, 2.24) is 10.1 Å². The molecule has 0 radical (unpaired) electrons. The van der Waals surface area contributed by atoms with E-state index >= 15 is 0 Å². The summed E-state index contributed by atoms with van der Waals surface area (Å²) in [6, 6.07) is 4.42. The van der Waals surface area contributed by atoms with E-state index in [0.717, 1.165) is 0 Å². The third kappa shape index (κ3) is 3.62. The number of amides is 2. The van der Waals surface area contributed by atoms with Gasteiger partial charge in [0.15, 0.2) is 5.82 Å². The molecule has 0 spiro atoms. The minimum atomic E-state index is -0.476. The molecule has 0 aliphatic carbocycles. The normalized spacial score (nSPS) is 10.0. The molecule has 0 aromatic carbocycles. The molecule has 0 aliphatic rings. The molecular weight excluding hydrogens is 276 g/mol. The Hall–Kier alpha value is -2.77. The van der Waals surface area contributed by atoms with Crippen LogP contribution in [0, 0.1) is 0 Å². The Labute approximate surface area is 121 Å². The highest BCUT2D eigenvalue weighted by atomic mass is 16.5. The van der Waals surface area contributed by atoms with Gasteiger partial charge in [-0.25, -0.2) is 4.79 Å². The Bertz CT molecular complexity index is 626. The van der Waals surface area contributed by atoms with Gasteiger partial charge >= 0.3 is 6.03 Å². The number of methoxy groups -OCH3 is 2. The summed E-state index contributed by atoms with van der Waals surface area (Å²) in [5, 5.41) is 8.89. The maximum Gasteiger partial charge on any atom is 0.325 e. The average molecular weight is 292 g/mol. The van der Waals surface area contributed by atoms with Crippen molar-refractivity contribution in [3.05, 3.63) is 24.0 Å². The van der Waals surface area contributed by atoms with Crippen molar-refractivity contribution < 1.29 is 18.8 Å². The SMILES string of the molecule is CCc1cc(NC(=O)Nc2ccc(OC)nc2OC)no1. The number of rotatable bonds is 5. The molecule has 0 unspecified atom stereocenters. The maximum absolute atomic E-state index is 11.9. The quantitative estimate of drug-likeness (QED) is 0.877. The van der Waals surface area contributed by atoms with E-state index in [4.69, 9.17) is 14.0 Å². The van der Waals surface area contributed by atoms with E-state index < -0.39 is 6.03 Å². The molecule has 2 aromatic rings. The summed E-state index contributed by atoms with van der Waals surface area (Å²) >= 11 is 0. The number of nitrogens with zero attached hydrogens (tertiary/aromatic N) is 2. The van der Waals surface area contributed by atoms with E-state index in [1.165, 1.54) is 14.2 Å². The third-order valence-corrected chi connectivity index (χ3v) is 2.63. The number of hydrogen-bond acceptors (Lipinski definition) is 6. The van der Waals surface area contributed by atoms with Crippen LogP contribution in [-0.2, 0) is 6.42 Å². The molecule has 21 heavy (non-hydrogen) atoms. The zero-order chi connectivity index (χ0) is 15.2. The standard InChI is InChI=1S/C13H16N4O4/c1-4-8-7-10(17-21-8)15-13(18)14-9-5-6-11(19-2)16-12(9)20-3/h5-7H,4H2,1-3H3,(H2,14,15,17,18). The number of urea groups is 1. The van der Waals surface area contributed by atoms with Gasteiger partial charge in [0.05, 0.1) is 14.2 Å². The molecule has 8 nitrogen and oxygen atoms in total. The van der Waals surface area contributed by atoms with E-state index in [-0.39, 0.29) is 5.88 Å². The summed E-state index contributed by atoms with van der Waals surface area (Å²) in [6.07, 6.45) is 0.701. The Balaban J connectivity index is 2.05. The first-order valence-electron chi connectivity index (χ1n) is 6.29. The number of aromatic nitrogens is 2. The monoisotopic (exact) mass is 292 g/mol. The van der Waals surface area contributed by atoms with Gasteiger partial charge < -0.3 is 19.3 Å². The van der Waals surface area contributed by atoms with Crippen molar-refractivity contribution in [1.29, 1.82) is 0 Å². The highest BCUT2D eigenvalue weighted by Gasteiger charge is 2.12. The highest BCUT2D eigenvalue weighted by molar-refractivity contribution is 5.99. The number of hydrogen-bond donors (Lipinski definition) is 2. The second-order valence-corrected chi connectivity index (χ2v) is 4.02. The predicted molar refractivity (Wildman–Crippen MR) is 75.9 cm³/mol. The van der Waals surface area contributed by atoms with Crippen molar-refractivity contribution in [2.45, 2.75) is 13.3 Å². The molecule has 0 bridgehead atoms. The molecule has 112 valence electrons. The molecule has 2 amide bonds. The van der Waals surface area contributed by atoms with Crippen LogP contribution < -0.4 is 20.1 Å². The van der Waals surface area contributed by atoms with Crippen LogP contribution in [0.4, 0.5) is 16.3 Å². The summed E-state index contributed by atoms with van der Waals surface area (Å²) in [5.41, 5.74) is 0.412. The molecular formula is C13H16N4O4. The van der Waals surface area contributed by atoms with Crippen LogP contribution in [0.1, 0.15) is 12.7 Å². The van der Waals surface area contributed by atoms with Gasteiger partial charge in [-0.1, -0.05) is 12.1 Å². The van der Waals surface area contributed by atoms with Crippen LogP contribution in [0.2, 0.25) is 0 Å². The van der Waals surface area contributed by atoms with Gasteiger partial charge in [-0.2, -0.15) is 4.98 Å². The number of pyridine rings is 1. The number of anilines is 2. The van der Waals surface area contributed by atoms with Gasteiger partial charge in [0.25, 0.3) is 0 Å². The lowest BCUT2D eigenvalue weighted by molar-refractivity contribution is 0.261. The molecule has 8 heteroatoms. The fraction of sp³-hybridized carbons (Fsp3) is 0.308. The molecule has 0 saturated carbocycles. The van der Waals surface area contributed by atoms with Crippen molar-refractivity contribution in [2.24, 2.45) is 0 Å². The van der Waals surface area contributed by atoms with Gasteiger partial charge in [0.2, 0.25) is 11.8 Å². The van der Waals surface area contributed by atoms with Gasteiger partial charge in [0.1, 0.15) is 11.4 Å². The second-order valence-electron chi connectivity index (χ2n) is 4.02. The number of nitrogens with one attached hydrogen (secondary N) is 2. The van der Waals surface area contributed by atoms with Gasteiger partial charge in [-0.3, -0.25) is 5.32 Å². The van der Waals surface area contributed by atoms with Crippen molar-refractivity contribution in [3.8, 4) is 11.8 Å². The Morgan fingerprint density at radius 1 is 1.29 bits per heavy atom. The third-order valence-electron chi connectivity index (χ3n) is 2.63. The maximum atomic E-state index is 11.9. The summed E-state index contributed by atoms with van der Waals surface area (Å²) in [4.78, 5) is 15.9. The molecule has 0 saturated heterocycles. The summed E-state index contributed by atoms with van der Waals surface area (Å²) < 4.78 is 15.1. The number of carbonyl (C=O) groups is 1. The van der Waals surface area contributed by atoms with Crippen LogP contribution in [0.5, 0.6) is 11.8 Å². The highest BCUT2D eigenvalue weighted by Crippen LogP contribution is 2.24. The largest absolute Gasteiger partial charge is 0.481 e. The van der Waals surface area contributed by atoms with Crippen LogP contribution in [0.3, 0.4) is 0 Å². The first-order chi connectivity index (χ1) is 10.2. The molecule has 0 atom stereocenters. The summed E-state index contributed by atoms with van der Waals surface area (Å²) in [6.45, 7) is 1.93. The Morgan fingerprint density at radius 2 is 2.10 bits per heavy atom. The van der Waals surface area contributed by atoms with E-state index in [1.807, 2.05) is 6.92 Å². The van der Waals surface area contributed by atoms with Crippen LogP contribution in [-0.4, -0.2) is 30.4 Å². The molecule has 2 rings (SSSR count). The lowest BCUT2D eigenvalue weighted by Gasteiger charge is -2.10. The van der Waals surface area contributed by atoms with Crippen LogP contribution >= 0.6 is 0 Å². The van der Waals surface area contributed by atoms with E-state index in [9.17, 15) is 4.79 Å². The zero-order valence-electron chi connectivity index (χ0n) is 12.0. The van der Waals surface area contributed by atoms with Gasteiger partial charge in [-0.15, -0.1) is 0 Å². The Kier molecular flexibility index (Phi) is 4.60. The zero-order valence-corrected chi connectivity index (χ0v) is 12.0. The molecule has 2 heterocycles. The fourth-order valence-electron chi connectivity index (χ4n) is 1.60. The smallest absolute Gasteiger partial charge is 0.325 e. The van der Waals surface area contributed by atoms with E-state index in [1.54, 1.807) is 18.2 Å². The topological polar surface area (TPSA) is 98.5 Å². The molecule has 2 N–H and O–H groups in total. The number of ether oxygens (including phenoxy) is 2. The van der Waals surface area contributed by atoms with E-state index in [2.05, 4.69) is 20.8 Å². The first kappa shape index (κ1) is 14.6. The van der Waals surface area contributed by atoms with E-state index in [0.29, 0.717) is 29.6 Å². The lowest BCUT2D eigenvalue weighted by atomic mass is 10.3. The van der Waals surface area contributed by atoms with Crippen molar-refractivity contribution in [3.63, 3.8) is 0 Å². The molecule has 0 aliphatic heterocycles. The summed E-state index contributed by atoms with van der Waals surface area (Å²) in [5.74, 6) is 1.67. The second kappa shape index (κ2) is 6.60. The average Bonchev–Trinajstić information content (AvgIpc) is 2.95. The first-order valence-corrected chi connectivity index (χ1v) is 6.29. The van der Waals surface area contributed by atoms with Crippen molar-refractivity contribution >= 4 is 17.5 Å². The number of aryl methyl sites for hydroxylation is 1. The molecule has 2 aromatic heterocycles. The summed E-state index contributed by atoms with van der Waals surface area (Å²) in [7, 11) is 2.95.